The lowest BCUT2D eigenvalue weighted by atomic mass is 10.0. The van der Waals surface area contributed by atoms with Crippen LogP contribution in [0.15, 0.2) is 0 Å². The molecule has 0 bridgehead atoms. The first kappa shape index (κ1) is 11.5. The normalized spacial score (nSPS) is 11.6. The van der Waals surface area contributed by atoms with Crippen molar-refractivity contribution in [2.45, 2.75) is 19.9 Å². The number of ether oxygens (including phenoxy) is 1. The minimum absolute atomic E-state index is 0.0512. The molecule has 4 heteroatoms. The van der Waals surface area contributed by atoms with E-state index < -0.39 is 17.9 Å². The van der Waals surface area contributed by atoms with Crippen LogP contribution in [0.4, 0.5) is 0 Å². The van der Waals surface area contributed by atoms with Crippen LogP contribution in [0.1, 0.15) is 13.8 Å². The predicted octanol–water partition coefficient (Wildman–Crippen LogP) is -0.0666. The number of terminal acetylenes is 1. The Hall–Kier alpha value is -1.50. The third kappa shape index (κ3) is 3.61. The van der Waals surface area contributed by atoms with Gasteiger partial charge in [0.1, 0.15) is 6.04 Å². The average molecular weight is 183 g/mol. The second kappa shape index (κ2) is 5.20. The Balaban J connectivity index is 4.37. The van der Waals surface area contributed by atoms with Crippen LogP contribution in [-0.4, -0.2) is 25.0 Å². The Morgan fingerprint density at radius 1 is 1.46 bits per heavy atom. The highest BCUT2D eigenvalue weighted by Crippen LogP contribution is 2.02. The van der Waals surface area contributed by atoms with E-state index in [9.17, 15) is 9.59 Å². The minimum Gasteiger partial charge on any atom is -0.467 e. The Morgan fingerprint density at radius 3 is 2.31 bits per heavy atom. The zero-order valence-corrected chi connectivity index (χ0v) is 7.96. The lowest BCUT2D eigenvalue weighted by molar-refractivity contribution is -0.145. The van der Waals surface area contributed by atoms with Crippen LogP contribution in [0.3, 0.4) is 0 Å². The van der Waals surface area contributed by atoms with Crippen molar-refractivity contribution in [1.82, 2.24) is 5.32 Å². The zero-order valence-electron chi connectivity index (χ0n) is 7.96. The van der Waals surface area contributed by atoms with Crippen LogP contribution in [0, 0.1) is 18.3 Å². The van der Waals surface area contributed by atoms with Gasteiger partial charge in [-0.3, -0.25) is 4.79 Å². The smallest absolute Gasteiger partial charge is 0.328 e. The van der Waals surface area contributed by atoms with E-state index in [1.807, 2.05) is 5.92 Å². The van der Waals surface area contributed by atoms with Gasteiger partial charge in [0.05, 0.1) is 7.11 Å². The number of methoxy groups -OCH3 is 1. The van der Waals surface area contributed by atoms with Gasteiger partial charge in [-0.15, -0.1) is 6.42 Å². The highest BCUT2D eigenvalue weighted by atomic mass is 16.5. The molecule has 0 aliphatic carbocycles. The summed E-state index contributed by atoms with van der Waals surface area (Å²) in [5, 5.41) is 2.37. The van der Waals surface area contributed by atoms with Crippen molar-refractivity contribution in [2.24, 2.45) is 5.92 Å². The highest BCUT2D eigenvalue weighted by Gasteiger charge is 2.23. The molecule has 0 fully saturated rings. The fraction of sp³-hybridized carbons (Fsp3) is 0.556. The van der Waals surface area contributed by atoms with E-state index >= 15 is 0 Å². The first-order valence-electron chi connectivity index (χ1n) is 3.87. The Kier molecular flexibility index (Phi) is 4.60. The quantitative estimate of drug-likeness (QED) is 0.492. The molecule has 0 spiro atoms. The molecular weight excluding hydrogens is 170 g/mol. The van der Waals surface area contributed by atoms with Crippen molar-refractivity contribution in [2.75, 3.05) is 7.11 Å². The molecule has 0 heterocycles. The van der Waals surface area contributed by atoms with Gasteiger partial charge in [0.15, 0.2) is 0 Å². The summed E-state index contributed by atoms with van der Waals surface area (Å²) >= 11 is 0. The largest absolute Gasteiger partial charge is 0.467 e. The van der Waals surface area contributed by atoms with E-state index in [0.29, 0.717) is 0 Å². The van der Waals surface area contributed by atoms with E-state index in [1.165, 1.54) is 7.11 Å². The molecule has 13 heavy (non-hydrogen) atoms. The Morgan fingerprint density at radius 2 is 2.00 bits per heavy atom. The monoisotopic (exact) mass is 183 g/mol. The standard InChI is InChI=1S/C9H13NO3/c1-5-7(11)10-8(6(2)3)9(12)13-4/h1,6,8H,2-4H3,(H,10,11). The van der Waals surface area contributed by atoms with Crippen LogP contribution in [0.2, 0.25) is 0 Å². The van der Waals surface area contributed by atoms with Gasteiger partial charge in [-0.05, 0) is 11.8 Å². The molecule has 0 saturated carbocycles. The number of hydrogen-bond donors (Lipinski definition) is 1. The Bertz CT molecular complexity index is 240. The fourth-order valence-corrected chi connectivity index (χ4v) is 0.808. The summed E-state index contributed by atoms with van der Waals surface area (Å²) < 4.78 is 4.50. The molecule has 0 rings (SSSR count). The summed E-state index contributed by atoms with van der Waals surface area (Å²) in [6, 6.07) is -0.673. The predicted molar refractivity (Wildman–Crippen MR) is 47.6 cm³/mol. The number of carbonyl (C=O) groups excluding carboxylic acids is 2. The number of esters is 1. The van der Waals surface area contributed by atoms with Crippen molar-refractivity contribution in [3.05, 3.63) is 0 Å². The van der Waals surface area contributed by atoms with Gasteiger partial charge in [-0.25, -0.2) is 4.79 Å². The molecule has 0 aliphatic heterocycles. The molecule has 0 aliphatic rings. The first-order valence-corrected chi connectivity index (χ1v) is 3.87. The maximum atomic E-state index is 11.1. The minimum atomic E-state index is -0.673. The molecule has 1 N–H and O–H groups in total. The van der Waals surface area contributed by atoms with Crippen LogP contribution in [0.25, 0.3) is 0 Å². The number of nitrogens with one attached hydrogen (secondary N) is 1. The van der Waals surface area contributed by atoms with Crippen LogP contribution < -0.4 is 5.32 Å². The van der Waals surface area contributed by atoms with E-state index in [4.69, 9.17) is 6.42 Å². The van der Waals surface area contributed by atoms with Crippen molar-refractivity contribution in [1.29, 1.82) is 0 Å². The summed E-state index contributed by atoms with van der Waals surface area (Å²) in [6.45, 7) is 3.58. The molecule has 0 aromatic carbocycles. The van der Waals surface area contributed by atoms with E-state index in [-0.39, 0.29) is 5.92 Å². The average Bonchev–Trinajstić information content (AvgIpc) is 2.11. The molecule has 4 nitrogen and oxygen atoms in total. The van der Waals surface area contributed by atoms with Gasteiger partial charge in [0.25, 0.3) is 5.91 Å². The number of hydrogen-bond acceptors (Lipinski definition) is 3. The van der Waals surface area contributed by atoms with Crippen LogP contribution >= 0.6 is 0 Å². The van der Waals surface area contributed by atoms with Gasteiger partial charge in [0, 0.05) is 0 Å². The zero-order chi connectivity index (χ0) is 10.4. The molecule has 1 unspecified atom stereocenters. The first-order chi connectivity index (χ1) is 6.02. The van der Waals surface area contributed by atoms with Gasteiger partial charge in [0.2, 0.25) is 0 Å². The summed E-state index contributed by atoms with van der Waals surface area (Å²) in [4.78, 5) is 21.9. The van der Waals surface area contributed by atoms with E-state index in [0.717, 1.165) is 0 Å². The Labute approximate surface area is 77.6 Å². The van der Waals surface area contributed by atoms with Gasteiger partial charge in [-0.1, -0.05) is 13.8 Å². The van der Waals surface area contributed by atoms with E-state index in [1.54, 1.807) is 13.8 Å². The molecule has 1 atom stereocenters. The van der Waals surface area contributed by atoms with Crippen LogP contribution in [-0.2, 0) is 14.3 Å². The summed E-state index contributed by atoms with van der Waals surface area (Å²) in [5.74, 6) is 0.726. The maximum Gasteiger partial charge on any atom is 0.328 e. The SMILES string of the molecule is C#CC(=O)NC(C(=O)OC)C(C)C. The fourth-order valence-electron chi connectivity index (χ4n) is 0.808. The number of rotatable bonds is 3. The van der Waals surface area contributed by atoms with Gasteiger partial charge in [-0.2, -0.15) is 0 Å². The maximum absolute atomic E-state index is 11.1. The molecule has 0 saturated heterocycles. The van der Waals surface area contributed by atoms with Gasteiger partial charge >= 0.3 is 5.97 Å². The van der Waals surface area contributed by atoms with Crippen molar-refractivity contribution >= 4 is 11.9 Å². The van der Waals surface area contributed by atoms with Crippen LogP contribution in [0.5, 0.6) is 0 Å². The van der Waals surface area contributed by atoms with Crippen molar-refractivity contribution in [3.63, 3.8) is 0 Å². The lowest BCUT2D eigenvalue weighted by Gasteiger charge is -2.17. The van der Waals surface area contributed by atoms with Gasteiger partial charge < -0.3 is 10.1 Å². The molecular formula is C9H13NO3. The molecule has 1 amide bonds. The molecule has 72 valence electrons. The topological polar surface area (TPSA) is 55.4 Å². The second-order valence-corrected chi connectivity index (χ2v) is 2.86. The lowest BCUT2D eigenvalue weighted by Crippen LogP contribution is -2.44. The number of carbonyl (C=O) groups is 2. The third-order valence-corrected chi connectivity index (χ3v) is 1.54. The summed E-state index contributed by atoms with van der Waals surface area (Å²) in [7, 11) is 1.26. The second-order valence-electron chi connectivity index (χ2n) is 2.86. The molecule has 0 aromatic heterocycles. The molecule has 0 aromatic rings. The highest BCUT2D eigenvalue weighted by molar-refractivity contribution is 5.95. The van der Waals surface area contributed by atoms with Crippen molar-refractivity contribution < 1.29 is 14.3 Å². The van der Waals surface area contributed by atoms with E-state index in [2.05, 4.69) is 10.1 Å². The number of amides is 1. The third-order valence-electron chi connectivity index (χ3n) is 1.54. The van der Waals surface area contributed by atoms with Crippen molar-refractivity contribution in [3.8, 4) is 12.3 Å². The summed E-state index contributed by atoms with van der Waals surface area (Å²) in [5.41, 5.74) is 0. The summed E-state index contributed by atoms with van der Waals surface area (Å²) in [6.07, 6.45) is 4.85. The molecule has 0 radical (unpaired) electrons.